The van der Waals surface area contributed by atoms with E-state index in [0.717, 1.165) is 37.6 Å². The van der Waals surface area contributed by atoms with Crippen molar-refractivity contribution in [3.63, 3.8) is 0 Å². The maximum Gasteiger partial charge on any atom is 0.275 e. The average molecular weight is 349 g/mol. The highest BCUT2D eigenvalue weighted by Gasteiger charge is 2.24. The fraction of sp³-hybridized carbons (Fsp3) is 0.556. The summed E-state index contributed by atoms with van der Waals surface area (Å²) in [5, 5.41) is 5.34. The van der Waals surface area contributed by atoms with Gasteiger partial charge < -0.3 is 25.2 Å². The number of nitrogens with zero attached hydrogens (tertiary/aromatic N) is 1. The molecule has 0 radical (unpaired) electrons. The summed E-state index contributed by atoms with van der Waals surface area (Å²) in [6, 6.07) is 8.07. The van der Waals surface area contributed by atoms with Crippen LogP contribution in [-0.2, 0) is 9.59 Å². The minimum atomic E-state index is -0.150. The number of hydrogen-bond acceptors (Lipinski definition) is 4. The van der Waals surface area contributed by atoms with Crippen molar-refractivity contribution in [2.75, 3.05) is 57.3 Å². The van der Waals surface area contributed by atoms with Crippen LogP contribution >= 0.6 is 0 Å². The Balaban J connectivity index is 1.78. The number of piperazine rings is 1. The van der Waals surface area contributed by atoms with Gasteiger partial charge in [-0.05, 0) is 26.0 Å². The zero-order valence-corrected chi connectivity index (χ0v) is 15.1. The molecule has 0 atom stereocenters. The number of carbonyl (C=O) groups excluding carboxylic acids is 2. The van der Waals surface area contributed by atoms with Gasteiger partial charge in [0.15, 0.2) is 6.54 Å². The second-order valence-electron chi connectivity index (χ2n) is 6.04. The number of benzene rings is 1. The molecule has 7 heteroatoms. The first-order valence-corrected chi connectivity index (χ1v) is 8.97. The fourth-order valence-corrected chi connectivity index (χ4v) is 2.96. The van der Waals surface area contributed by atoms with Gasteiger partial charge in [0.05, 0.1) is 45.0 Å². The molecule has 2 rings (SSSR count). The van der Waals surface area contributed by atoms with Gasteiger partial charge in [-0.1, -0.05) is 12.1 Å². The van der Waals surface area contributed by atoms with Gasteiger partial charge in [-0.3, -0.25) is 9.59 Å². The van der Waals surface area contributed by atoms with E-state index in [0.29, 0.717) is 19.7 Å². The number of nitrogens with one attached hydrogen (secondary N) is 3. The molecule has 1 heterocycles. The minimum Gasteiger partial charge on any atom is -0.492 e. The smallest absolute Gasteiger partial charge is 0.275 e. The molecular formula is C18H29N4O3+. The average Bonchev–Trinajstić information content (AvgIpc) is 2.62. The van der Waals surface area contributed by atoms with E-state index in [1.807, 2.05) is 32.0 Å². The molecule has 3 N–H and O–H groups in total. The Morgan fingerprint density at radius 3 is 2.52 bits per heavy atom. The molecule has 25 heavy (non-hydrogen) atoms. The number of amides is 2. The zero-order chi connectivity index (χ0) is 18.1. The van der Waals surface area contributed by atoms with Crippen LogP contribution in [0.15, 0.2) is 24.3 Å². The molecule has 138 valence electrons. The van der Waals surface area contributed by atoms with E-state index < -0.39 is 0 Å². The van der Waals surface area contributed by atoms with Crippen LogP contribution in [0.3, 0.4) is 0 Å². The first-order valence-electron chi connectivity index (χ1n) is 8.97. The lowest BCUT2D eigenvalue weighted by atomic mass is 10.2. The molecule has 1 aromatic carbocycles. The number of rotatable bonds is 8. The van der Waals surface area contributed by atoms with Crippen molar-refractivity contribution in [1.82, 2.24) is 10.6 Å². The third-order valence-electron chi connectivity index (χ3n) is 4.21. The largest absolute Gasteiger partial charge is 0.492 e. The first kappa shape index (κ1) is 19.1. The number of para-hydroxylation sites is 2. The Labute approximate surface area is 149 Å². The highest BCUT2D eigenvalue weighted by atomic mass is 16.5. The van der Waals surface area contributed by atoms with Crippen LogP contribution in [0.25, 0.3) is 0 Å². The maximum atomic E-state index is 12.0. The lowest BCUT2D eigenvalue weighted by molar-refractivity contribution is -0.892. The summed E-state index contributed by atoms with van der Waals surface area (Å²) in [5.41, 5.74) is 1.11. The van der Waals surface area contributed by atoms with Gasteiger partial charge in [0, 0.05) is 6.54 Å². The summed E-state index contributed by atoms with van der Waals surface area (Å²) < 4.78 is 5.71. The molecule has 7 nitrogen and oxygen atoms in total. The molecule has 1 fully saturated rings. The van der Waals surface area contributed by atoms with E-state index >= 15 is 0 Å². The molecule has 0 aromatic heterocycles. The summed E-state index contributed by atoms with van der Waals surface area (Å²) in [6.45, 7) is 9.04. The van der Waals surface area contributed by atoms with E-state index in [9.17, 15) is 9.59 Å². The van der Waals surface area contributed by atoms with Crippen molar-refractivity contribution in [3.8, 4) is 5.75 Å². The number of ether oxygens (including phenoxy) is 1. The van der Waals surface area contributed by atoms with E-state index in [2.05, 4.69) is 21.6 Å². The summed E-state index contributed by atoms with van der Waals surface area (Å²) in [7, 11) is 0. The summed E-state index contributed by atoms with van der Waals surface area (Å²) in [6.07, 6.45) is 0. The monoisotopic (exact) mass is 349 g/mol. The maximum absolute atomic E-state index is 12.0. The number of carbonyl (C=O) groups is 2. The summed E-state index contributed by atoms with van der Waals surface area (Å²) in [5.74, 6) is 0.681. The van der Waals surface area contributed by atoms with Crippen molar-refractivity contribution >= 4 is 17.5 Å². The second-order valence-corrected chi connectivity index (χ2v) is 6.04. The highest BCUT2D eigenvalue weighted by molar-refractivity contribution is 5.84. The Kier molecular flexibility index (Phi) is 7.53. The molecule has 1 saturated heterocycles. The predicted octanol–water partition coefficient (Wildman–Crippen LogP) is -0.957. The van der Waals surface area contributed by atoms with Gasteiger partial charge in [0.1, 0.15) is 5.75 Å². The summed E-state index contributed by atoms with van der Waals surface area (Å²) in [4.78, 5) is 26.9. The van der Waals surface area contributed by atoms with Crippen LogP contribution in [-0.4, -0.2) is 64.2 Å². The molecule has 0 aliphatic carbocycles. The number of anilines is 1. The standard InChI is InChI=1S/C18H28N4O3/c1-3-19-17(23)13-20-18(24)14-21-9-11-22(12-10-21)15-7-5-6-8-16(15)25-4-2/h5-8H,3-4,9-14H2,1-2H3,(H,19,23)(H,20,24)/p+1. The Morgan fingerprint density at radius 2 is 1.84 bits per heavy atom. The molecular weight excluding hydrogens is 320 g/mol. The third kappa shape index (κ3) is 5.94. The molecule has 0 unspecified atom stereocenters. The molecule has 1 aliphatic rings. The van der Waals surface area contributed by atoms with E-state index in [1.54, 1.807) is 0 Å². The van der Waals surface area contributed by atoms with Crippen LogP contribution in [0.2, 0.25) is 0 Å². The van der Waals surface area contributed by atoms with Crippen LogP contribution in [0.1, 0.15) is 13.8 Å². The summed E-state index contributed by atoms with van der Waals surface area (Å²) >= 11 is 0. The predicted molar refractivity (Wildman–Crippen MR) is 97.1 cm³/mol. The third-order valence-corrected chi connectivity index (χ3v) is 4.21. The second kappa shape index (κ2) is 9.88. The molecule has 0 bridgehead atoms. The number of hydrogen-bond donors (Lipinski definition) is 3. The minimum absolute atomic E-state index is 0.0494. The van der Waals surface area contributed by atoms with Crippen molar-refractivity contribution in [3.05, 3.63) is 24.3 Å². The molecule has 0 saturated carbocycles. The van der Waals surface area contributed by atoms with E-state index in [1.165, 1.54) is 4.90 Å². The van der Waals surface area contributed by atoms with E-state index in [4.69, 9.17) is 4.74 Å². The van der Waals surface area contributed by atoms with Gasteiger partial charge in [-0.25, -0.2) is 0 Å². The number of likely N-dealkylation sites (N-methyl/N-ethyl adjacent to an activating group) is 1. The Bertz CT molecular complexity index is 571. The lowest BCUT2D eigenvalue weighted by Crippen LogP contribution is -3.16. The quantitative estimate of drug-likeness (QED) is 0.565. The normalized spacial score (nSPS) is 14.9. The van der Waals surface area contributed by atoms with Crippen LogP contribution < -0.4 is 25.2 Å². The Hall–Kier alpha value is -2.28. The molecule has 0 spiro atoms. The molecule has 1 aromatic rings. The van der Waals surface area contributed by atoms with Gasteiger partial charge in [0.2, 0.25) is 5.91 Å². The van der Waals surface area contributed by atoms with Crippen molar-refractivity contribution in [2.45, 2.75) is 13.8 Å². The zero-order valence-electron chi connectivity index (χ0n) is 15.1. The van der Waals surface area contributed by atoms with Crippen LogP contribution in [0.5, 0.6) is 5.75 Å². The van der Waals surface area contributed by atoms with E-state index in [-0.39, 0.29) is 18.4 Å². The van der Waals surface area contributed by atoms with Crippen LogP contribution in [0, 0.1) is 0 Å². The van der Waals surface area contributed by atoms with Gasteiger partial charge in [-0.15, -0.1) is 0 Å². The fourth-order valence-electron chi connectivity index (χ4n) is 2.96. The molecule has 1 aliphatic heterocycles. The van der Waals surface area contributed by atoms with Gasteiger partial charge >= 0.3 is 0 Å². The van der Waals surface area contributed by atoms with Crippen molar-refractivity contribution < 1.29 is 19.2 Å². The number of quaternary nitrogens is 1. The van der Waals surface area contributed by atoms with Crippen molar-refractivity contribution in [2.24, 2.45) is 0 Å². The molecule has 2 amide bonds. The first-order chi connectivity index (χ1) is 12.1. The van der Waals surface area contributed by atoms with Gasteiger partial charge in [0.25, 0.3) is 5.91 Å². The Morgan fingerprint density at radius 1 is 1.12 bits per heavy atom. The van der Waals surface area contributed by atoms with Crippen LogP contribution in [0.4, 0.5) is 5.69 Å². The van der Waals surface area contributed by atoms with Crippen molar-refractivity contribution in [1.29, 1.82) is 0 Å². The van der Waals surface area contributed by atoms with Gasteiger partial charge in [-0.2, -0.15) is 0 Å². The topological polar surface area (TPSA) is 75.1 Å². The SMILES string of the molecule is CCNC(=O)CNC(=O)C[NH+]1CCN(c2ccccc2OCC)CC1. The lowest BCUT2D eigenvalue weighted by Gasteiger charge is -2.34. The highest BCUT2D eigenvalue weighted by Crippen LogP contribution is 2.27.